The van der Waals surface area contributed by atoms with Crippen LogP contribution in [0.25, 0.3) is 0 Å². The second-order valence-electron chi connectivity index (χ2n) is 2.87. The van der Waals surface area contributed by atoms with Gasteiger partial charge in [0.25, 0.3) is 5.76 Å². The number of phosphoric acid groups is 1. The van der Waals surface area contributed by atoms with Crippen LogP contribution in [-0.4, -0.2) is 79.4 Å². The molecule has 0 bridgehead atoms. The van der Waals surface area contributed by atoms with E-state index in [0.717, 1.165) is 0 Å². The summed E-state index contributed by atoms with van der Waals surface area (Å²) in [5.74, 6) is -3.39. The number of carbonyl (C=O) groups is 1. The second kappa shape index (κ2) is 6.17. The standard InChI is InChI=1S/C6H9O9P.Na/c7-1-2(8)4-3(9)5(6(10)14-4)15-16(11,12)13;/h2,4,7-9H,1H2,(H2,11,12,13);/t2-,4+;/m0./s1. The van der Waals surface area contributed by atoms with Crippen LogP contribution in [-0.2, 0) is 18.6 Å². The van der Waals surface area contributed by atoms with E-state index in [0.29, 0.717) is 0 Å². The molecule has 1 rings (SSSR count). The van der Waals surface area contributed by atoms with Crippen LogP contribution in [0.5, 0.6) is 0 Å². The third-order valence-corrected chi connectivity index (χ3v) is 2.09. The van der Waals surface area contributed by atoms with Crippen molar-refractivity contribution in [1.29, 1.82) is 0 Å². The number of aliphatic hydroxyl groups excluding tert-OH is 3. The van der Waals surface area contributed by atoms with Gasteiger partial charge in [0.15, 0.2) is 11.9 Å². The van der Waals surface area contributed by atoms with E-state index in [-0.39, 0.29) is 29.6 Å². The summed E-state index contributed by atoms with van der Waals surface area (Å²) in [5, 5.41) is 26.9. The summed E-state index contributed by atoms with van der Waals surface area (Å²) >= 11 is 0. The Labute approximate surface area is 117 Å². The number of cyclic esters (lactones) is 1. The smallest absolute Gasteiger partial charge is 0.505 e. The molecule has 0 fully saturated rings. The zero-order valence-electron chi connectivity index (χ0n) is 8.68. The number of phosphoric ester groups is 1. The van der Waals surface area contributed by atoms with Crippen molar-refractivity contribution in [2.75, 3.05) is 6.61 Å². The van der Waals surface area contributed by atoms with Crippen LogP contribution in [0.4, 0.5) is 0 Å². The molecule has 93 valence electrons. The maximum atomic E-state index is 11.0. The summed E-state index contributed by atoms with van der Waals surface area (Å²) in [6.45, 7) is -0.814. The molecule has 1 aliphatic heterocycles. The Morgan fingerprint density at radius 3 is 2.41 bits per heavy atom. The van der Waals surface area contributed by atoms with E-state index >= 15 is 0 Å². The zero-order valence-corrected chi connectivity index (χ0v) is 11.6. The van der Waals surface area contributed by atoms with Crippen LogP contribution < -0.4 is 0 Å². The molecule has 0 saturated carbocycles. The molecule has 0 spiro atoms. The first kappa shape index (κ1) is 16.9. The van der Waals surface area contributed by atoms with E-state index in [9.17, 15) is 14.5 Å². The first-order valence-electron chi connectivity index (χ1n) is 3.94. The van der Waals surface area contributed by atoms with Crippen LogP contribution in [0.2, 0.25) is 0 Å². The Hall–Kier alpha value is -0.120. The minimum absolute atomic E-state index is 0. The Balaban J connectivity index is 0.00000256. The number of aliphatic hydroxyl groups is 3. The van der Waals surface area contributed by atoms with E-state index in [1.807, 2.05) is 0 Å². The number of hydrogen-bond acceptors (Lipinski definition) is 7. The van der Waals surface area contributed by atoms with E-state index in [1.165, 1.54) is 0 Å². The van der Waals surface area contributed by atoms with Crippen molar-refractivity contribution in [3.05, 3.63) is 11.5 Å². The Morgan fingerprint density at radius 2 is 2.00 bits per heavy atom. The van der Waals surface area contributed by atoms with Crippen LogP contribution in [0.3, 0.4) is 0 Å². The molecule has 5 N–H and O–H groups in total. The number of ether oxygens (including phenoxy) is 1. The fourth-order valence-electron chi connectivity index (χ4n) is 1.02. The van der Waals surface area contributed by atoms with Crippen LogP contribution >= 0.6 is 7.82 Å². The molecule has 17 heavy (non-hydrogen) atoms. The molecule has 0 saturated heterocycles. The van der Waals surface area contributed by atoms with Gasteiger partial charge in [0, 0.05) is 29.6 Å². The SMILES string of the molecule is O=C1O[C@H]([C@@H](O)CO)C(O)=C1OP(=O)(O)O.[Na]. The molecule has 1 aliphatic rings. The topological polar surface area (TPSA) is 154 Å². The average Bonchev–Trinajstić information content (AvgIpc) is 2.42. The number of esters is 1. The summed E-state index contributed by atoms with van der Waals surface area (Å²) in [5.41, 5.74) is 0. The van der Waals surface area contributed by atoms with Gasteiger partial charge < -0.3 is 24.6 Å². The fraction of sp³-hybridized carbons (Fsp3) is 0.500. The maximum Gasteiger partial charge on any atom is 0.525 e. The molecule has 9 nitrogen and oxygen atoms in total. The third-order valence-electron chi connectivity index (χ3n) is 1.67. The number of rotatable bonds is 4. The first-order chi connectivity index (χ1) is 7.26. The van der Waals surface area contributed by atoms with E-state index in [1.54, 1.807) is 0 Å². The first-order valence-corrected chi connectivity index (χ1v) is 5.47. The molecular weight excluding hydrogens is 270 g/mol. The minimum Gasteiger partial charge on any atom is -0.505 e. The molecule has 0 aromatic carbocycles. The zero-order chi connectivity index (χ0) is 12.5. The molecule has 0 aromatic rings. The molecule has 0 aromatic heterocycles. The molecule has 0 amide bonds. The maximum absolute atomic E-state index is 11.0. The summed E-state index contributed by atoms with van der Waals surface area (Å²) in [7, 11) is -5.02. The van der Waals surface area contributed by atoms with E-state index in [2.05, 4.69) is 9.26 Å². The predicted octanol–water partition coefficient (Wildman–Crippen LogP) is -2.24. The van der Waals surface area contributed by atoms with E-state index < -0.39 is 44.1 Å². The van der Waals surface area contributed by atoms with Crippen LogP contribution in [0, 0.1) is 0 Å². The summed E-state index contributed by atoms with van der Waals surface area (Å²) in [6, 6.07) is 0. The van der Waals surface area contributed by atoms with Crippen LogP contribution in [0.15, 0.2) is 11.5 Å². The minimum atomic E-state index is -5.02. The van der Waals surface area contributed by atoms with Gasteiger partial charge in [-0.25, -0.2) is 9.36 Å². The number of hydrogen-bond donors (Lipinski definition) is 5. The van der Waals surface area contributed by atoms with Crippen molar-refractivity contribution in [2.45, 2.75) is 12.2 Å². The van der Waals surface area contributed by atoms with Gasteiger partial charge in [-0.15, -0.1) is 0 Å². The van der Waals surface area contributed by atoms with Crippen LogP contribution in [0.1, 0.15) is 0 Å². The molecular formula is C6H9NaO9P. The molecule has 0 unspecified atom stereocenters. The van der Waals surface area contributed by atoms with Crippen molar-refractivity contribution < 1.29 is 43.7 Å². The number of carbonyl (C=O) groups excluding carboxylic acids is 1. The Bertz CT molecular complexity index is 374. The van der Waals surface area contributed by atoms with Gasteiger partial charge in [-0.05, 0) is 0 Å². The summed E-state index contributed by atoms with van der Waals surface area (Å²) in [6.07, 6.45) is -3.21. The van der Waals surface area contributed by atoms with Gasteiger partial charge >= 0.3 is 13.8 Å². The van der Waals surface area contributed by atoms with Crippen molar-refractivity contribution in [3.8, 4) is 0 Å². The van der Waals surface area contributed by atoms with Gasteiger partial charge in [0.05, 0.1) is 6.61 Å². The third kappa shape index (κ3) is 4.23. The van der Waals surface area contributed by atoms with Crippen molar-refractivity contribution >= 4 is 43.3 Å². The normalized spacial score (nSPS) is 21.9. The molecule has 11 heteroatoms. The van der Waals surface area contributed by atoms with Gasteiger partial charge in [0.2, 0.25) is 0 Å². The van der Waals surface area contributed by atoms with Gasteiger partial charge in [-0.1, -0.05) is 0 Å². The second-order valence-corrected chi connectivity index (χ2v) is 4.04. The summed E-state index contributed by atoms with van der Waals surface area (Å²) < 4.78 is 18.7. The Kier molecular flexibility index (Phi) is 6.12. The molecule has 0 aliphatic carbocycles. The van der Waals surface area contributed by atoms with Gasteiger partial charge in [-0.3, -0.25) is 9.79 Å². The molecule has 1 radical (unpaired) electrons. The largest absolute Gasteiger partial charge is 0.525 e. The average molecular weight is 279 g/mol. The van der Waals surface area contributed by atoms with Gasteiger partial charge in [0.1, 0.15) is 6.10 Å². The molecule has 2 atom stereocenters. The summed E-state index contributed by atoms with van der Waals surface area (Å²) in [4.78, 5) is 27.8. The van der Waals surface area contributed by atoms with Crippen molar-refractivity contribution in [1.82, 2.24) is 0 Å². The quantitative estimate of drug-likeness (QED) is 0.218. The fourth-order valence-corrected chi connectivity index (χ4v) is 1.42. The van der Waals surface area contributed by atoms with Crippen molar-refractivity contribution in [2.24, 2.45) is 0 Å². The molecule has 1 heterocycles. The van der Waals surface area contributed by atoms with Crippen molar-refractivity contribution in [3.63, 3.8) is 0 Å². The van der Waals surface area contributed by atoms with Gasteiger partial charge in [-0.2, -0.15) is 0 Å². The van der Waals surface area contributed by atoms with E-state index in [4.69, 9.17) is 20.0 Å². The predicted molar refractivity (Wildman–Crippen MR) is 51.5 cm³/mol. The Morgan fingerprint density at radius 1 is 1.47 bits per heavy atom. The monoisotopic (exact) mass is 279 g/mol.